The highest BCUT2D eigenvalue weighted by Gasteiger charge is 2.05. The Morgan fingerprint density at radius 2 is 1.05 bits per heavy atom. The van der Waals surface area contributed by atoms with Crippen LogP contribution in [0.5, 0.6) is 0 Å². The van der Waals surface area contributed by atoms with Crippen LogP contribution in [-0.4, -0.2) is 48.0 Å². The summed E-state index contributed by atoms with van der Waals surface area (Å²) in [5.74, 6) is -1.66. The van der Waals surface area contributed by atoms with Crippen LogP contribution < -0.4 is 16.4 Å². The largest absolute Gasteiger partial charge is 0.481 e. The van der Waals surface area contributed by atoms with Gasteiger partial charge in [-0.3, -0.25) is 24.0 Å². The van der Waals surface area contributed by atoms with Crippen molar-refractivity contribution in [2.24, 2.45) is 0 Å². The first-order chi connectivity index (χ1) is 20.4. The van der Waals surface area contributed by atoms with Gasteiger partial charge in [-0.2, -0.15) is 0 Å². The first-order valence-electron chi connectivity index (χ1n) is 13.5. The van der Waals surface area contributed by atoms with Crippen LogP contribution in [0.4, 0.5) is 17.1 Å². The lowest BCUT2D eigenvalue weighted by Gasteiger charge is -2.05. The molecule has 0 saturated carbocycles. The van der Waals surface area contributed by atoms with Crippen LogP contribution in [0, 0.1) is 0 Å². The predicted octanol–water partition coefficient (Wildman–Crippen LogP) is 4.40. The molecule has 2 amide bonds. The Bertz CT molecular complexity index is 1340. The van der Waals surface area contributed by atoms with Crippen molar-refractivity contribution in [2.75, 3.05) is 29.6 Å². The molecule has 0 aliphatic heterocycles. The Morgan fingerprint density at radius 1 is 0.651 bits per heavy atom. The van der Waals surface area contributed by atoms with E-state index in [0.717, 1.165) is 11.1 Å². The molecule has 0 heterocycles. The fourth-order valence-electron chi connectivity index (χ4n) is 3.56. The van der Waals surface area contributed by atoms with Crippen LogP contribution in [0.3, 0.4) is 0 Å². The maximum atomic E-state index is 11.2. The first kappa shape index (κ1) is 35.8. The summed E-state index contributed by atoms with van der Waals surface area (Å²) in [6.07, 6.45) is 0.480. The SMILES string of the molecule is CC(=O)Nc1cccc(CC(=O)O)c1.CCOC(=O)Cc1cccc(N)c1.CCOC(=O)Cc1cccc(NC(C)=O)c1. The zero-order chi connectivity index (χ0) is 32.2. The second-order valence-electron chi connectivity index (χ2n) is 9.04. The van der Waals surface area contributed by atoms with Gasteiger partial charge in [-0.05, 0) is 66.9 Å². The predicted molar refractivity (Wildman–Crippen MR) is 164 cm³/mol. The first-order valence-corrected chi connectivity index (χ1v) is 13.5. The van der Waals surface area contributed by atoms with E-state index in [1.807, 2.05) is 18.2 Å². The van der Waals surface area contributed by atoms with Gasteiger partial charge in [0.1, 0.15) is 0 Å². The molecule has 5 N–H and O–H groups in total. The topological polar surface area (TPSA) is 174 Å². The van der Waals surface area contributed by atoms with Crippen molar-refractivity contribution in [2.45, 2.75) is 47.0 Å². The van der Waals surface area contributed by atoms with Crippen LogP contribution in [0.2, 0.25) is 0 Å². The number of rotatable bonds is 10. The number of hydrogen-bond donors (Lipinski definition) is 4. The lowest BCUT2D eigenvalue weighted by Crippen LogP contribution is -2.09. The molecule has 230 valence electrons. The molecule has 0 unspecified atom stereocenters. The number of carbonyl (C=O) groups excluding carboxylic acids is 4. The molecule has 11 heteroatoms. The number of benzene rings is 3. The summed E-state index contributed by atoms with van der Waals surface area (Å²) in [4.78, 5) is 54.3. The molecule has 0 bridgehead atoms. The maximum absolute atomic E-state index is 11.2. The van der Waals surface area contributed by atoms with Crippen LogP contribution in [0.15, 0.2) is 72.8 Å². The molecular weight excluding hydrogens is 554 g/mol. The number of nitrogen functional groups attached to an aromatic ring is 1. The van der Waals surface area contributed by atoms with Gasteiger partial charge in [-0.15, -0.1) is 0 Å². The van der Waals surface area contributed by atoms with Crippen LogP contribution in [0.25, 0.3) is 0 Å². The van der Waals surface area contributed by atoms with E-state index >= 15 is 0 Å². The standard InChI is InChI=1S/C12H15NO3.C10H11NO3.C10H13NO2/c1-3-16-12(15)8-10-5-4-6-11(7-10)13-9(2)14;1-7(12)11-9-4-2-3-8(5-9)6-10(13)14;1-2-13-10(12)7-8-4-3-5-9(11)6-8/h4-7H,3,8H2,1-2H3,(H,13,14);2-5H,6H2,1H3,(H,11,12)(H,13,14);3-6H,2,7,11H2,1H3. The van der Waals surface area contributed by atoms with Crippen LogP contribution >= 0.6 is 0 Å². The van der Waals surface area contributed by atoms with E-state index in [0.29, 0.717) is 42.3 Å². The van der Waals surface area contributed by atoms with Gasteiger partial charge in [0.25, 0.3) is 0 Å². The van der Waals surface area contributed by atoms with Crippen LogP contribution in [-0.2, 0) is 52.7 Å². The highest BCUT2D eigenvalue weighted by molar-refractivity contribution is 5.89. The number of anilines is 3. The summed E-state index contributed by atoms with van der Waals surface area (Å²) < 4.78 is 9.65. The molecule has 0 spiro atoms. The molecule has 3 rings (SSSR count). The van der Waals surface area contributed by atoms with E-state index in [4.69, 9.17) is 20.3 Å². The van der Waals surface area contributed by atoms with Gasteiger partial charge in [0.2, 0.25) is 11.8 Å². The van der Waals surface area contributed by atoms with Crippen molar-refractivity contribution in [1.82, 2.24) is 0 Å². The Labute approximate surface area is 251 Å². The summed E-state index contributed by atoms with van der Waals surface area (Å²) in [6.45, 7) is 7.20. The van der Waals surface area contributed by atoms with E-state index in [9.17, 15) is 24.0 Å². The van der Waals surface area contributed by atoms with Crippen molar-refractivity contribution in [3.8, 4) is 0 Å². The second-order valence-corrected chi connectivity index (χ2v) is 9.04. The highest BCUT2D eigenvalue weighted by Crippen LogP contribution is 2.12. The number of ether oxygens (including phenoxy) is 2. The minimum Gasteiger partial charge on any atom is -0.481 e. The summed E-state index contributed by atoms with van der Waals surface area (Å²) in [7, 11) is 0. The molecular formula is C32H39N3O8. The molecule has 0 fully saturated rings. The summed E-state index contributed by atoms with van der Waals surface area (Å²) >= 11 is 0. The van der Waals surface area contributed by atoms with E-state index in [2.05, 4.69) is 10.6 Å². The molecule has 0 atom stereocenters. The van der Waals surface area contributed by atoms with Crippen molar-refractivity contribution >= 4 is 46.8 Å². The minimum absolute atomic E-state index is 0.0343. The number of amides is 2. The Balaban J connectivity index is 0.000000324. The zero-order valence-electron chi connectivity index (χ0n) is 24.8. The molecule has 11 nitrogen and oxygen atoms in total. The fraction of sp³-hybridized carbons (Fsp3) is 0.281. The van der Waals surface area contributed by atoms with Crippen molar-refractivity contribution < 1.29 is 38.6 Å². The Kier molecular flexibility index (Phi) is 16.5. The average molecular weight is 594 g/mol. The van der Waals surface area contributed by atoms with Gasteiger partial charge in [0.05, 0.1) is 32.5 Å². The molecule has 3 aromatic carbocycles. The number of carbonyl (C=O) groups is 5. The monoisotopic (exact) mass is 593 g/mol. The molecule has 0 saturated heterocycles. The van der Waals surface area contributed by atoms with Crippen molar-refractivity contribution in [3.63, 3.8) is 0 Å². The summed E-state index contributed by atoms with van der Waals surface area (Å²) in [5, 5.41) is 13.8. The maximum Gasteiger partial charge on any atom is 0.310 e. The number of carboxylic acids is 1. The van der Waals surface area contributed by atoms with Gasteiger partial charge >= 0.3 is 17.9 Å². The third-order valence-electron chi connectivity index (χ3n) is 5.11. The average Bonchev–Trinajstić information content (AvgIpc) is 2.89. The van der Waals surface area contributed by atoms with E-state index in [1.54, 1.807) is 68.4 Å². The van der Waals surface area contributed by atoms with Crippen molar-refractivity contribution in [3.05, 3.63) is 89.5 Å². The molecule has 3 aromatic rings. The lowest BCUT2D eigenvalue weighted by atomic mass is 10.1. The highest BCUT2D eigenvalue weighted by atomic mass is 16.5. The molecule has 0 aliphatic rings. The van der Waals surface area contributed by atoms with E-state index < -0.39 is 5.97 Å². The zero-order valence-corrected chi connectivity index (χ0v) is 24.8. The summed E-state index contributed by atoms with van der Waals surface area (Å²) in [6, 6.07) is 21.2. The minimum atomic E-state index is -0.884. The number of hydrogen-bond acceptors (Lipinski definition) is 8. The normalized spacial score (nSPS) is 9.58. The van der Waals surface area contributed by atoms with Gasteiger partial charge < -0.3 is 30.9 Å². The smallest absolute Gasteiger partial charge is 0.310 e. The van der Waals surface area contributed by atoms with Crippen LogP contribution in [0.1, 0.15) is 44.4 Å². The Morgan fingerprint density at radius 3 is 1.42 bits per heavy atom. The number of aliphatic carboxylic acids is 1. The van der Waals surface area contributed by atoms with Gasteiger partial charge in [-0.1, -0.05) is 36.4 Å². The fourth-order valence-corrected chi connectivity index (χ4v) is 3.56. The van der Waals surface area contributed by atoms with Gasteiger partial charge in [-0.25, -0.2) is 0 Å². The molecule has 0 aromatic heterocycles. The van der Waals surface area contributed by atoms with Gasteiger partial charge in [0.15, 0.2) is 0 Å². The molecule has 0 aliphatic carbocycles. The number of nitrogens with one attached hydrogen (secondary N) is 2. The lowest BCUT2D eigenvalue weighted by molar-refractivity contribution is -0.143. The number of carboxylic acid groups (broad SMARTS) is 1. The third-order valence-corrected chi connectivity index (χ3v) is 5.11. The second kappa shape index (κ2) is 19.8. The molecule has 0 radical (unpaired) electrons. The quantitative estimate of drug-likeness (QED) is 0.196. The molecule has 43 heavy (non-hydrogen) atoms. The van der Waals surface area contributed by atoms with E-state index in [1.165, 1.54) is 13.8 Å². The number of esters is 2. The number of nitrogens with two attached hydrogens (primary N) is 1. The van der Waals surface area contributed by atoms with Crippen molar-refractivity contribution in [1.29, 1.82) is 0 Å². The third kappa shape index (κ3) is 17.3. The van der Waals surface area contributed by atoms with Gasteiger partial charge in [0, 0.05) is 30.9 Å². The Hall–Kier alpha value is -5.19. The summed E-state index contributed by atoms with van der Waals surface area (Å²) in [5.41, 5.74) is 9.92. The van der Waals surface area contributed by atoms with E-state index in [-0.39, 0.29) is 36.6 Å².